The summed E-state index contributed by atoms with van der Waals surface area (Å²) in [6, 6.07) is -0.338. The second kappa shape index (κ2) is 18.3. The highest BCUT2D eigenvalue weighted by Crippen LogP contribution is 2.14. The lowest BCUT2D eigenvalue weighted by Gasteiger charge is -2.08. The Balaban J connectivity index is 3.09. The van der Waals surface area contributed by atoms with Crippen LogP contribution in [0.4, 0.5) is 0 Å². The molecule has 2 N–H and O–H groups in total. The smallest absolute Gasteiger partial charge is 0.164 e. The predicted octanol–water partition coefficient (Wildman–Crippen LogP) is 6.38. The summed E-state index contributed by atoms with van der Waals surface area (Å²) < 4.78 is 0. The van der Waals surface area contributed by atoms with Crippen molar-refractivity contribution in [2.75, 3.05) is 5.88 Å². The van der Waals surface area contributed by atoms with Crippen LogP contribution in [0.3, 0.4) is 0 Å². The highest BCUT2D eigenvalue weighted by molar-refractivity contribution is 6.28. The number of carbonyl (C=O) groups excluding carboxylic acids is 1. The zero-order valence-corrected chi connectivity index (χ0v) is 16.2. The third kappa shape index (κ3) is 16.6. The van der Waals surface area contributed by atoms with E-state index in [1.807, 2.05) is 0 Å². The maximum absolute atomic E-state index is 11.2. The molecule has 0 rings (SSSR count). The molecule has 0 saturated heterocycles. The second-order valence-corrected chi connectivity index (χ2v) is 7.21. The molecule has 3 heteroatoms. The third-order valence-corrected chi connectivity index (χ3v) is 4.93. The van der Waals surface area contributed by atoms with Crippen LogP contribution in [0.15, 0.2) is 0 Å². The fourth-order valence-electron chi connectivity index (χ4n) is 3.00. The van der Waals surface area contributed by atoms with Crippen LogP contribution in [-0.2, 0) is 4.79 Å². The predicted molar refractivity (Wildman–Crippen MR) is 103 cm³/mol. The Labute approximate surface area is 149 Å². The zero-order chi connectivity index (χ0) is 17.2. The van der Waals surface area contributed by atoms with Crippen LogP contribution >= 0.6 is 11.6 Å². The van der Waals surface area contributed by atoms with Gasteiger partial charge in [0.15, 0.2) is 5.78 Å². The van der Waals surface area contributed by atoms with Crippen molar-refractivity contribution in [1.29, 1.82) is 0 Å². The molecule has 0 aromatic heterocycles. The Morgan fingerprint density at radius 3 is 1.43 bits per heavy atom. The van der Waals surface area contributed by atoms with Gasteiger partial charge in [0.2, 0.25) is 0 Å². The highest BCUT2D eigenvalue weighted by Gasteiger charge is 2.10. The average Bonchev–Trinajstić information content (AvgIpc) is 2.57. The first-order chi connectivity index (χ1) is 11.2. The molecule has 1 atom stereocenters. The first-order valence-corrected chi connectivity index (χ1v) is 10.6. The first kappa shape index (κ1) is 22.9. The van der Waals surface area contributed by atoms with E-state index in [1.165, 1.54) is 89.9 Å². The Hall–Kier alpha value is -0.0800. The summed E-state index contributed by atoms with van der Waals surface area (Å²) in [5.74, 6) is 0.0388. The lowest BCUT2D eigenvalue weighted by Crippen LogP contribution is -2.31. The Morgan fingerprint density at radius 2 is 1.09 bits per heavy atom. The molecule has 0 aliphatic rings. The quantitative estimate of drug-likeness (QED) is 0.231. The molecule has 0 aromatic carbocycles. The summed E-state index contributed by atoms with van der Waals surface area (Å²) in [6.07, 6.45) is 21.2. The lowest BCUT2D eigenvalue weighted by atomic mass is 10.0. The van der Waals surface area contributed by atoms with Crippen molar-refractivity contribution in [2.45, 2.75) is 116 Å². The van der Waals surface area contributed by atoms with E-state index in [2.05, 4.69) is 6.92 Å². The molecule has 0 aromatic rings. The van der Waals surface area contributed by atoms with Gasteiger partial charge in [0.1, 0.15) is 0 Å². The fraction of sp³-hybridized carbons (Fsp3) is 0.950. The molecule has 0 spiro atoms. The van der Waals surface area contributed by atoms with Gasteiger partial charge in [-0.3, -0.25) is 4.79 Å². The average molecular weight is 346 g/mol. The minimum Gasteiger partial charge on any atom is -0.321 e. The van der Waals surface area contributed by atoms with Crippen molar-refractivity contribution in [2.24, 2.45) is 5.73 Å². The zero-order valence-electron chi connectivity index (χ0n) is 15.5. The van der Waals surface area contributed by atoms with E-state index in [1.54, 1.807) is 0 Å². The molecule has 23 heavy (non-hydrogen) atoms. The number of halogens is 1. The van der Waals surface area contributed by atoms with Crippen LogP contribution in [0.2, 0.25) is 0 Å². The summed E-state index contributed by atoms with van der Waals surface area (Å²) >= 11 is 5.49. The van der Waals surface area contributed by atoms with Crippen LogP contribution in [0.1, 0.15) is 110 Å². The summed E-state index contributed by atoms with van der Waals surface area (Å²) in [4.78, 5) is 11.2. The third-order valence-electron chi connectivity index (χ3n) is 4.66. The standard InChI is InChI=1S/C20H40ClNO/c1-2-3-4-5-6-7-8-9-10-11-12-13-14-15-16-17-19(22)20(23)18-21/h19H,2-18,22H2,1H3. The van der Waals surface area contributed by atoms with Crippen LogP contribution in [0.25, 0.3) is 0 Å². The van der Waals surface area contributed by atoms with Gasteiger partial charge < -0.3 is 5.73 Å². The number of hydrogen-bond acceptors (Lipinski definition) is 2. The molecular formula is C20H40ClNO. The van der Waals surface area contributed by atoms with E-state index in [-0.39, 0.29) is 17.7 Å². The van der Waals surface area contributed by atoms with Gasteiger partial charge in [-0.25, -0.2) is 0 Å². The molecule has 0 heterocycles. The van der Waals surface area contributed by atoms with E-state index < -0.39 is 0 Å². The van der Waals surface area contributed by atoms with Crippen molar-refractivity contribution in [3.8, 4) is 0 Å². The maximum atomic E-state index is 11.2. The van der Waals surface area contributed by atoms with Crippen molar-refractivity contribution in [1.82, 2.24) is 0 Å². The van der Waals surface area contributed by atoms with Crippen LogP contribution < -0.4 is 5.73 Å². The van der Waals surface area contributed by atoms with Gasteiger partial charge in [0, 0.05) is 0 Å². The minimum atomic E-state index is -0.338. The fourth-order valence-corrected chi connectivity index (χ4v) is 3.19. The van der Waals surface area contributed by atoms with Gasteiger partial charge in [0.05, 0.1) is 11.9 Å². The summed E-state index contributed by atoms with van der Waals surface area (Å²) in [7, 11) is 0. The number of ketones is 1. The highest BCUT2D eigenvalue weighted by atomic mass is 35.5. The number of unbranched alkanes of at least 4 members (excludes halogenated alkanes) is 14. The lowest BCUT2D eigenvalue weighted by molar-refractivity contribution is -0.118. The Kier molecular flexibility index (Phi) is 18.2. The van der Waals surface area contributed by atoms with E-state index in [0.717, 1.165) is 12.8 Å². The van der Waals surface area contributed by atoms with Crippen LogP contribution in [0.5, 0.6) is 0 Å². The normalized spacial score (nSPS) is 12.5. The minimum absolute atomic E-state index is 0.0166. The molecule has 2 nitrogen and oxygen atoms in total. The van der Waals surface area contributed by atoms with Crippen molar-refractivity contribution < 1.29 is 4.79 Å². The van der Waals surface area contributed by atoms with Gasteiger partial charge >= 0.3 is 0 Å². The number of rotatable bonds is 18. The van der Waals surface area contributed by atoms with Gasteiger partial charge in [-0.2, -0.15) is 0 Å². The van der Waals surface area contributed by atoms with Crippen molar-refractivity contribution >= 4 is 17.4 Å². The SMILES string of the molecule is CCCCCCCCCCCCCCCCCC(N)C(=O)CCl. The molecule has 0 bridgehead atoms. The Bertz CT molecular complexity index is 258. The monoisotopic (exact) mass is 345 g/mol. The molecule has 0 aliphatic carbocycles. The summed E-state index contributed by atoms with van der Waals surface area (Å²) in [5.41, 5.74) is 5.75. The van der Waals surface area contributed by atoms with Crippen LogP contribution in [0, 0.1) is 0 Å². The molecular weight excluding hydrogens is 306 g/mol. The van der Waals surface area contributed by atoms with Gasteiger partial charge in [0.25, 0.3) is 0 Å². The largest absolute Gasteiger partial charge is 0.321 e. The molecule has 0 aliphatic heterocycles. The first-order valence-electron chi connectivity index (χ1n) is 10.1. The number of nitrogens with two attached hydrogens (primary N) is 1. The van der Waals surface area contributed by atoms with E-state index in [9.17, 15) is 4.79 Å². The Morgan fingerprint density at radius 1 is 0.739 bits per heavy atom. The van der Waals surface area contributed by atoms with Gasteiger partial charge in [-0.05, 0) is 6.42 Å². The molecule has 0 amide bonds. The van der Waals surface area contributed by atoms with E-state index in [0.29, 0.717) is 0 Å². The van der Waals surface area contributed by atoms with Gasteiger partial charge in [-0.15, -0.1) is 11.6 Å². The molecule has 0 radical (unpaired) electrons. The second-order valence-electron chi connectivity index (χ2n) is 6.94. The number of alkyl halides is 1. The van der Waals surface area contributed by atoms with E-state index >= 15 is 0 Å². The molecule has 138 valence electrons. The topological polar surface area (TPSA) is 43.1 Å². The number of hydrogen-bond donors (Lipinski definition) is 1. The summed E-state index contributed by atoms with van der Waals surface area (Å²) in [6.45, 7) is 2.28. The summed E-state index contributed by atoms with van der Waals surface area (Å²) in [5, 5.41) is 0. The number of Topliss-reactive ketones (excluding diaryl/α,β-unsaturated/α-hetero) is 1. The molecule has 0 fully saturated rings. The van der Waals surface area contributed by atoms with Gasteiger partial charge in [-0.1, -0.05) is 103 Å². The maximum Gasteiger partial charge on any atom is 0.164 e. The number of carbonyl (C=O) groups is 1. The molecule has 1 unspecified atom stereocenters. The van der Waals surface area contributed by atoms with Crippen molar-refractivity contribution in [3.63, 3.8) is 0 Å². The van der Waals surface area contributed by atoms with Crippen LogP contribution in [-0.4, -0.2) is 17.7 Å². The molecule has 0 saturated carbocycles. The van der Waals surface area contributed by atoms with Crippen molar-refractivity contribution in [3.05, 3.63) is 0 Å². The van der Waals surface area contributed by atoms with E-state index in [4.69, 9.17) is 17.3 Å².